The Labute approximate surface area is 94.3 Å². The van der Waals surface area contributed by atoms with Crippen molar-refractivity contribution in [1.29, 1.82) is 0 Å². The molecule has 0 unspecified atom stereocenters. The predicted octanol–water partition coefficient (Wildman–Crippen LogP) is 0.858. The largest absolute Gasteiger partial charge is 0.313 e. The lowest BCUT2D eigenvalue weighted by Gasteiger charge is -2.05. The molecular formula is C9H17N5S. The van der Waals surface area contributed by atoms with Crippen LogP contribution in [0.5, 0.6) is 0 Å². The van der Waals surface area contributed by atoms with Crippen molar-refractivity contribution in [3.05, 3.63) is 12.2 Å². The number of hydrogen-bond acceptors (Lipinski definition) is 5. The van der Waals surface area contributed by atoms with Crippen molar-refractivity contribution in [2.24, 2.45) is 7.05 Å². The van der Waals surface area contributed by atoms with Gasteiger partial charge in [-0.25, -0.2) is 4.68 Å². The standard InChI is InChI=1S/C9H17N5S/c1-4-5-10-6-8(2)7-15-9-11-12-13-14(9)3/h10H,2,4-7H2,1,3H3. The van der Waals surface area contributed by atoms with Gasteiger partial charge in [0.1, 0.15) is 0 Å². The van der Waals surface area contributed by atoms with E-state index in [0.29, 0.717) is 0 Å². The van der Waals surface area contributed by atoms with E-state index in [-0.39, 0.29) is 0 Å². The Bertz CT molecular complexity index is 309. The van der Waals surface area contributed by atoms with Gasteiger partial charge in [0.05, 0.1) is 0 Å². The van der Waals surface area contributed by atoms with E-state index in [2.05, 4.69) is 34.3 Å². The van der Waals surface area contributed by atoms with Crippen LogP contribution in [0.15, 0.2) is 17.3 Å². The molecule has 0 saturated heterocycles. The highest BCUT2D eigenvalue weighted by atomic mass is 32.2. The van der Waals surface area contributed by atoms with Crippen molar-refractivity contribution < 1.29 is 0 Å². The van der Waals surface area contributed by atoms with Crippen LogP contribution < -0.4 is 5.32 Å². The Balaban J connectivity index is 2.20. The Hall–Kier alpha value is -0.880. The third-order valence-electron chi connectivity index (χ3n) is 1.79. The van der Waals surface area contributed by atoms with E-state index in [4.69, 9.17) is 0 Å². The van der Waals surface area contributed by atoms with E-state index in [0.717, 1.165) is 36.0 Å². The maximum atomic E-state index is 3.99. The minimum atomic E-state index is 0.826. The van der Waals surface area contributed by atoms with Gasteiger partial charge in [-0.1, -0.05) is 30.8 Å². The molecule has 0 atom stereocenters. The molecule has 1 rings (SSSR count). The molecule has 0 aliphatic heterocycles. The zero-order valence-electron chi connectivity index (χ0n) is 9.23. The van der Waals surface area contributed by atoms with E-state index < -0.39 is 0 Å². The van der Waals surface area contributed by atoms with Gasteiger partial charge >= 0.3 is 0 Å². The molecule has 0 saturated carbocycles. The quantitative estimate of drug-likeness (QED) is 0.425. The maximum Gasteiger partial charge on any atom is 0.209 e. The van der Waals surface area contributed by atoms with Crippen LogP contribution >= 0.6 is 11.8 Å². The number of aryl methyl sites for hydroxylation is 1. The van der Waals surface area contributed by atoms with Gasteiger partial charge in [0.15, 0.2) is 0 Å². The molecule has 5 nitrogen and oxygen atoms in total. The number of tetrazole rings is 1. The normalized spacial score (nSPS) is 10.5. The van der Waals surface area contributed by atoms with Crippen molar-refractivity contribution in [3.63, 3.8) is 0 Å². The lowest BCUT2D eigenvalue weighted by Crippen LogP contribution is -2.18. The summed E-state index contributed by atoms with van der Waals surface area (Å²) in [5.41, 5.74) is 1.16. The molecule has 1 heterocycles. The molecule has 0 aliphatic carbocycles. The third-order valence-corrected chi connectivity index (χ3v) is 2.95. The molecule has 0 amide bonds. The van der Waals surface area contributed by atoms with Crippen molar-refractivity contribution in [2.75, 3.05) is 18.8 Å². The zero-order valence-corrected chi connectivity index (χ0v) is 10.0. The Kier molecular flexibility index (Phi) is 5.34. The van der Waals surface area contributed by atoms with Crippen LogP contribution in [-0.2, 0) is 7.05 Å². The summed E-state index contributed by atoms with van der Waals surface area (Å²) in [4.78, 5) is 0. The number of nitrogens with zero attached hydrogens (tertiary/aromatic N) is 4. The fourth-order valence-corrected chi connectivity index (χ4v) is 1.76. The molecule has 0 radical (unpaired) electrons. The maximum absolute atomic E-state index is 3.99. The second kappa shape index (κ2) is 6.58. The Morgan fingerprint density at radius 1 is 1.60 bits per heavy atom. The first kappa shape index (κ1) is 12.2. The Morgan fingerprint density at radius 2 is 2.40 bits per heavy atom. The van der Waals surface area contributed by atoms with Gasteiger partial charge in [0.2, 0.25) is 5.16 Å². The van der Waals surface area contributed by atoms with E-state index in [1.54, 1.807) is 16.4 Å². The monoisotopic (exact) mass is 227 g/mol. The molecule has 1 N–H and O–H groups in total. The molecule has 0 aromatic carbocycles. The lowest BCUT2D eigenvalue weighted by atomic mass is 10.3. The molecule has 0 spiro atoms. The SMILES string of the molecule is C=C(CNCCC)CSc1nnnn1C. The molecule has 6 heteroatoms. The van der Waals surface area contributed by atoms with Gasteiger partial charge in [-0.05, 0) is 23.4 Å². The summed E-state index contributed by atoms with van der Waals surface area (Å²) in [6.07, 6.45) is 1.15. The molecule has 1 aromatic heterocycles. The fraction of sp³-hybridized carbons (Fsp3) is 0.667. The summed E-state index contributed by atoms with van der Waals surface area (Å²) in [5, 5.41) is 15.4. The first-order valence-electron chi connectivity index (χ1n) is 4.96. The van der Waals surface area contributed by atoms with Crippen molar-refractivity contribution >= 4 is 11.8 Å². The van der Waals surface area contributed by atoms with Crippen LogP contribution in [0.2, 0.25) is 0 Å². The summed E-state index contributed by atoms with van der Waals surface area (Å²) in [6, 6.07) is 0. The number of rotatable bonds is 7. The third kappa shape index (κ3) is 4.44. The van der Waals surface area contributed by atoms with Gasteiger partial charge in [-0.3, -0.25) is 0 Å². The van der Waals surface area contributed by atoms with Crippen LogP contribution in [-0.4, -0.2) is 39.0 Å². The fourth-order valence-electron chi connectivity index (χ4n) is 1.00. The smallest absolute Gasteiger partial charge is 0.209 e. The van der Waals surface area contributed by atoms with Gasteiger partial charge in [0.25, 0.3) is 0 Å². The first-order chi connectivity index (χ1) is 7.24. The van der Waals surface area contributed by atoms with Crippen LogP contribution in [0, 0.1) is 0 Å². The van der Waals surface area contributed by atoms with E-state index in [1.165, 1.54) is 0 Å². The van der Waals surface area contributed by atoms with Gasteiger partial charge in [-0.2, -0.15) is 0 Å². The molecule has 0 bridgehead atoms. The van der Waals surface area contributed by atoms with E-state index >= 15 is 0 Å². The predicted molar refractivity (Wildman–Crippen MR) is 61.8 cm³/mol. The van der Waals surface area contributed by atoms with E-state index in [1.807, 2.05) is 7.05 Å². The van der Waals surface area contributed by atoms with Gasteiger partial charge in [0, 0.05) is 19.3 Å². The number of aromatic nitrogens is 4. The van der Waals surface area contributed by atoms with Crippen molar-refractivity contribution in [3.8, 4) is 0 Å². The van der Waals surface area contributed by atoms with Crippen LogP contribution in [0.25, 0.3) is 0 Å². The first-order valence-corrected chi connectivity index (χ1v) is 5.95. The average Bonchev–Trinajstić information content (AvgIpc) is 2.61. The summed E-state index contributed by atoms with van der Waals surface area (Å²) < 4.78 is 1.66. The van der Waals surface area contributed by atoms with Crippen LogP contribution in [0.3, 0.4) is 0 Å². The minimum Gasteiger partial charge on any atom is -0.313 e. The minimum absolute atomic E-state index is 0.826. The van der Waals surface area contributed by atoms with Gasteiger partial charge < -0.3 is 5.32 Å². The summed E-state index contributed by atoms with van der Waals surface area (Å²) in [5.74, 6) is 0.852. The summed E-state index contributed by atoms with van der Waals surface area (Å²) in [6.45, 7) is 8.05. The van der Waals surface area contributed by atoms with E-state index in [9.17, 15) is 0 Å². The summed E-state index contributed by atoms with van der Waals surface area (Å²) in [7, 11) is 1.83. The van der Waals surface area contributed by atoms with Crippen LogP contribution in [0.1, 0.15) is 13.3 Å². The molecule has 0 fully saturated rings. The highest BCUT2D eigenvalue weighted by molar-refractivity contribution is 7.99. The average molecular weight is 227 g/mol. The van der Waals surface area contributed by atoms with Gasteiger partial charge in [-0.15, -0.1) is 5.10 Å². The zero-order chi connectivity index (χ0) is 11.1. The number of hydrogen-bond donors (Lipinski definition) is 1. The topological polar surface area (TPSA) is 55.6 Å². The Morgan fingerprint density at radius 3 is 3.00 bits per heavy atom. The molecular weight excluding hydrogens is 210 g/mol. The molecule has 1 aromatic rings. The molecule has 15 heavy (non-hydrogen) atoms. The number of thioether (sulfide) groups is 1. The molecule has 0 aliphatic rings. The summed E-state index contributed by atoms with van der Waals surface area (Å²) >= 11 is 1.61. The van der Waals surface area contributed by atoms with Crippen molar-refractivity contribution in [1.82, 2.24) is 25.5 Å². The molecule has 84 valence electrons. The second-order valence-corrected chi connectivity index (χ2v) is 4.24. The number of nitrogens with one attached hydrogen (secondary N) is 1. The highest BCUT2D eigenvalue weighted by Gasteiger charge is 2.03. The van der Waals surface area contributed by atoms with Crippen LogP contribution in [0.4, 0.5) is 0 Å². The highest BCUT2D eigenvalue weighted by Crippen LogP contribution is 2.14. The van der Waals surface area contributed by atoms with Crippen molar-refractivity contribution in [2.45, 2.75) is 18.5 Å². The lowest BCUT2D eigenvalue weighted by molar-refractivity contribution is 0.664. The second-order valence-electron chi connectivity index (χ2n) is 3.30.